The molecule has 58 valence electrons. The summed E-state index contributed by atoms with van der Waals surface area (Å²) in [4.78, 5) is 0. The van der Waals surface area contributed by atoms with Gasteiger partial charge in [0.05, 0.1) is 0 Å². The first-order chi connectivity index (χ1) is 4.52. The summed E-state index contributed by atoms with van der Waals surface area (Å²) >= 11 is 0. The van der Waals surface area contributed by atoms with E-state index in [1.807, 2.05) is 0 Å². The van der Waals surface area contributed by atoms with Gasteiger partial charge in [-0.05, 0) is 19.8 Å². The molecule has 0 unspecified atom stereocenters. The molecule has 1 fully saturated rings. The molecule has 1 nitrogen and oxygen atoms in total. The Labute approximate surface area is 64.7 Å². The number of hydrogen-bond donors (Lipinski definition) is 1. The molecule has 10 heavy (non-hydrogen) atoms. The van der Waals surface area contributed by atoms with Crippen LogP contribution in [0.3, 0.4) is 0 Å². The highest BCUT2D eigenvalue weighted by molar-refractivity contribution is 6.61. The Bertz CT molecular complexity index is 122. The van der Waals surface area contributed by atoms with Crippen LogP contribution in [0.5, 0.6) is 0 Å². The maximum Gasteiger partial charge on any atom is 0.159 e. The molecule has 0 bridgehead atoms. The van der Waals surface area contributed by atoms with Crippen molar-refractivity contribution in [1.82, 2.24) is 5.32 Å². The van der Waals surface area contributed by atoms with Crippen molar-refractivity contribution in [3.63, 3.8) is 0 Å². The Morgan fingerprint density at radius 2 is 2.10 bits per heavy atom. The quantitative estimate of drug-likeness (QED) is 0.504. The largest absolute Gasteiger partial charge is 0.321 e. The maximum absolute atomic E-state index is 3.49. The zero-order valence-corrected chi connectivity index (χ0v) is 7.57. The van der Waals surface area contributed by atoms with Gasteiger partial charge >= 0.3 is 0 Å². The van der Waals surface area contributed by atoms with Crippen molar-refractivity contribution in [3.05, 3.63) is 0 Å². The molecule has 1 aliphatic rings. The van der Waals surface area contributed by atoms with Crippen LogP contribution in [-0.4, -0.2) is 19.2 Å². The van der Waals surface area contributed by atoms with Crippen molar-refractivity contribution in [2.75, 3.05) is 6.44 Å². The topological polar surface area (TPSA) is 12.0 Å². The van der Waals surface area contributed by atoms with E-state index in [2.05, 4.69) is 32.9 Å². The van der Waals surface area contributed by atoms with Crippen molar-refractivity contribution in [1.29, 1.82) is 0 Å². The lowest BCUT2D eigenvalue weighted by molar-refractivity contribution is 0.435. The lowest BCUT2D eigenvalue weighted by Gasteiger charge is -2.38. The van der Waals surface area contributed by atoms with Crippen LogP contribution >= 0.6 is 0 Å². The van der Waals surface area contributed by atoms with Gasteiger partial charge in [0.25, 0.3) is 0 Å². The molecule has 0 aromatic rings. The summed E-state index contributed by atoms with van der Waals surface area (Å²) in [5.74, 6) is 0. The number of nitrogens with one attached hydrogen (secondary N) is 1. The van der Waals surface area contributed by atoms with Crippen LogP contribution in [0.1, 0.15) is 27.2 Å². The van der Waals surface area contributed by atoms with Gasteiger partial charge < -0.3 is 5.32 Å². The Morgan fingerprint density at radius 3 is 2.50 bits per heavy atom. The van der Waals surface area contributed by atoms with Crippen molar-refractivity contribution in [2.24, 2.45) is 0 Å². The standard InChI is InChI=1S/C8H18BN/c1-7-5-8(2,3)9(4)6-10-7/h7,10H,5-6H2,1-4H3/t7-/m1/s1. The SMILES string of the molecule is CB1CN[C@H](C)CC1(C)C. The molecule has 0 spiro atoms. The first-order valence-electron chi connectivity index (χ1n) is 4.26. The second kappa shape index (κ2) is 2.57. The van der Waals surface area contributed by atoms with Crippen molar-refractivity contribution >= 4 is 6.71 Å². The van der Waals surface area contributed by atoms with E-state index in [9.17, 15) is 0 Å². The van der Waals surface area contributed by atoms with Gasteiger partial charge in [-0.1, -0.05) is 26.0 Å². The number of rotatable bonds is 0. The van der Waals surface area contributed by atoms with Crippen molar-refractivity contribution in [2.45, 2.75) is 45.4 Å². The maximum atomic E-state index is 3.49. The van der Waals surface area contributed by atoms with Crippen molar-refractivity contribution < 1.29 is 0 Å². The molecular formula is C8H18BN. The second-order valence-corrected chi connectivity index (χ2v) is 4.40. The van der Waals surface area contributed by atoms with Crippen LogP contribution in [0.15, 0.2) is 0 Å². The van der Waals surface area contributed by atoms with E-state index >= 15 is 0 Å². The third-order valence-electron chi connectivity index (χ3n) is 2.94. The van der Waals surface area contributed by atoms with Gasteiger partial charge in [-0.25, -0.2) is 0 Å². The van der Waals surface area contributed by atoms with Gasteiger partial charge in [-0.3, -0.25) is 0 Å². The van der Waals surface area contributed by atoms with E-state index in [0.717, 1.165) is 6.71 Å². The highest BCUT2D eigenvalue weighted by atomic mass is 14.9. The fraction of sp³-hybridized carbons (Fsp3) is 1.00. The van der Waals surface area contributed by atoms with Crippen LogP contribution in [0.2, 0.25) is 12.1 Å². The van der Waals surface area contributed by atoms with Gasteiger partial charge in [0.15, 0.2) is 6.71 Å². The average Bonchev–Trinajstić information content (AvgIpc) is 1.78. The first-order valence-corrected chi connectivity index (χ1v) is 4.26. The zero-order valence-electron chi connectivity index (χ0n) is 7.57. The minimum Gasteiger partial charge on any atom is -0.321 e. The molecule has 1 N–H and O–H groups in total. The average molecular weight is 139 g/mol. The Kier molecular flexibility index (Phi) is 2.09. The second-order valence-electron chi connectivity index (χ2n) is 4.40. The summed E-state index contributed by atoms with van der Waals surface area (Å²) in [5.41, 5.74) is 0. The van der Waals surface area contributed by atoms with Gasteiger partial charge in [-0.15, -0.1) is 0 Å². The zero-order chi connectivity index (χ0) is 7.78. The van der Waals surface area contributed by atoms with E-state index in [-0.39, 0.29) is 0 Å². The summed E-state index contributed by atoms with van der Waals surface area (Å²) in [7, 11) is 0. The van der Waals surface area contributed by atoms with Crippen LogP contribution in [0, 0.1) is 0 Å². The minimum absolute atomic E-state index is 0.546. The molecule has 0 saturated carbocycles. The summed E-state index contributed by atoms with van der Waals surface area (Å²) in [6.45, 7) is 10.2. The normalized spacial score (nSPS) is 32.4. The highest BCUT2D eigenvalue weighted by Crippen LogP contribution is 2.36. The number of hydrogen-bond acceptors (Lipinski definition) is 1. The first kappa shape index (κ1) is 8.12. The molecule has 0 aliphatic carbocycles. The van der Waals surface area contributed by atoms with Crippen molar-refractivity contribution in [3.8, 4) is 0 Å². The molecule has 1 aliphatic heterocycles. The smallest absolute Gasteiger partial charge is 0.159 e. The van der Waals surface area contributed by atoms with E-state index < -0.39 is 0 Å². The van der Waals surface area contributed by atoms with E-state index in [4.69, 9.17) is 0 Å². The van der Waals surface area contributed by atoms with Crippen LogP contribution in [0.25, 0.3) is 0 Å². The summed E-state index contributed by atoms with van der Waals surface area (Å²) in [5, 5.41) is 4.03. The highest BCUT2D eigenvalue weighted by Gasteiger charge is 2.34. The fourth-order valence-corrected chi connectivity index (χ4v) is 1.72. The Hall–Kier alpha value is 0.0249. The van der Waals surface area contributed by atoms with Crippen LogP contribution < -0.4 is 5.32 Å². The lowest BCUT2D eigenvalue weighted by atomic mass is 9.33. The molecule has 0 radical (unpaired) electrons. The fourth-order valence-electron chi connectivity index (χ4n) is 1.72. The minimum atomic E-state index is 0.546. The summed E-state index contributed by atoms with van der Waals surface area (Å²) in [6, 6.07) is 0.714. The van der Waals surface area contributed by atoms with E-state index in [1.165, 1.54) is 12.9 Å². The molecule has 1 atom stereocenters. The summed E-state index contributed by atoms with van der Waals surface area (Å²) < 4.78 is 0. The molecule has 1 saturated heterocycles. The molecule has 1 rings (SSSR count). The van der Waals surface area contributed by atoms with Gasteiger partial charge in [-0.2, -0.15) is 0 Å². The Balaban J connectivity index is 2.55. The molecule has 0 amide bonds. The predicted octanol–water partition coefficient (Wildman–Crippen LogP) is 1.81. The van der Waals surface area contributed by atoms with Gasteiger partial charge in [0, 0.05) is 6.04 Å². The molecule has 0 aromatic carbocycles. The van der Waals surface area contributed by atoms with Crippen LogP contribution in [-0.2, 0) is 0 Å². The predicted molar refractivity (Wildman–Crippen MR) is 47.7 cm³/mol. The van der Waals surface area contributed by atoms with E-state index in [1.54, 1.807) is 0 Å². The third kappa shape index (κ3) is 1.54. The molecule has 2 heteroatoms. The monoisotopic (exact) mass is 139 g/mol. The van der Waals surface area contributed by atoms with Crippen LogP contribution in [0.4, 0.5) is 0 Å². The van der Waals surface area contributed by atoms with E-state index in [0.29, 0.717) is 11.4 Å². The Morgan fingerprint density at radius 1 is 1.50 bits per heavy atom. The molecular weight excluding hydrogens is 121 g/mol. The summed E-state index contributed by atoms with van der Waals surface area (Å²) in [6.07, 6.45) is 2.50. The third-order valence-corrected chi connectivity index (χ3v) is 2.94. The molecule has 1 heterocycles. The van der Waals surface area contributed by atoms with Gasteiger partial charge in [0.2, 0.25) is 0 Å². The lowest BCUT2D eigenvalue weighted by Crippen LogP contribution is -2.48. The van der Waals surface area contributed by atoms with Gasteiger partial charge in [0.1, 0.15) is 0 Å². The molecule has 0 aromatic heterocycles.